The van der Waals surface area contributed by atoms with Gasteiger partial charge in [0.05, 0.1) is 39.9 Å². The van der Waals surface area contributed by atoms with Crippen molar-refractivity contribution in [2.75, 3.05) is 40.9 Å². The summed E-state index contributed by atoms with van der Waals surface area (Å²) in [5.74, 6) is -0.152. The second kappa shape index (κ2) is 66.9. The Hall–Kier alpha value is -0.500. The lowest BCUT2D eigenvalue weighted by Gasteiger charge is -2.30. The molecule has 0 saturated heterocycles. The molecule has 84 heavy (non-hydrogen) atoms. The smallest absolute Gasteiger partial charge is 0.268 e. The van der Waals surface area contributed by atoms with Gasteiger partial charge >= 0.3 is 0 Å². The Balaban J connectivity index is 3.93. The Morgan fingerprint density at radius 3 is 0.810 bits per heavy atom. The second-order valence-electron chi connectivity index (χ2n) is 28.1. The number of hydrogen-bond donors (Lipinski definition) is 2. The maximum atomic E-state index is 13.1. The van der Waals surface area contributed by atoms with E-state index in [2.05, 4.69) is 19.2 Å². The number of unbranched alkanes of at least 4 members (excludes halogenated alkanes) is 60. The van der Waals surface area contributed by atoms with E-state index < -0.39 is 20.0 Å². The van der Waals surface area contributed by atoms with Gasteiger partial charge in [-0.1, -0.05) is 406 Å². The SMILES string of the molecule is CCCCCCCCCCCCCCCCCCCCCCCCCCCCCCCCCC(=O)NC(COP(=O)([O-])OCC[N+](C)(C)C)C(O)CCCCCCCCCCCCCCCCCCCCCCCCCCCCCCCCC. The molecule has 9 heteroatoms. The molecule has 0 aliphatic carbocycles. The zero-order chi connectivity index (χ0) is 61.2. The molecular formula is C75H153N2O6P. The van der Waals surface area contributed by atoms with E-state index in [1.54, 1.807) is 0 Å². The number of carbonyl (C=O) groups excluding carboxylic acids is 1. The zero-order valence-corrected chi connectivity index (χ0v) is 58.8. The zero-order valence-electron chi connectivity index (χ0n) is 57.9. The Labute approximate surface area is 527 Å². The van der Waals surface area contributed by atoms with Crippen molar-refractivity contribution in [3.05, 3.63) is 0 Å². The Kier molecular flexibility index (Phi) is 66.5. The fourth-order valence-electron chi connectivity index (χ4n) is 12.4. The van der Waals surface area contributed by atoms with Crippen molar-refractivity contribution >= 4 is 13.7 Å². The summed E-state index contributed by atoms with van der Waals surface area (Å²) in [7, 11) is 1.33. The third-order valence-electron chi connectivity index (χ3n) is 18.3. The number of hydrogen-bond acceptors (Lipinski definition) is 6. The number of rotatable bonds is 73. The molecule has 0 rings (SSSR count). The average molecular weight is 1210 g/mol. The number of nitrogens with one attached hydrogen (secondary N) is 1. The minimum absolute atomic E-state index is 0.0171. The summed E-state index contributed by atoms with van der Waals surface area (Å²) in [6.45, 7) is 4.81. The molecule has 0 saturated carbocycles. The number of carbonyl (C=O) groups is 1. The van der Waals surface area contributed by atoms with Crippen LogP contribution in [0.4, 0.5) is 0 Å². The van der Waals surface area contributed by atoms with Crippen LogP contribution in [0, 0.1) is 0 Å². The summed E-state index contributed by atoms with van der Waals surface area (Å²) in [5, 5.41) is 14.1. The van der Waals surface area contributed by atoms with Gasteiger partial charge in [0.1, 0.15) is 13.2 Å². The highest BCUT2D eigenvalue weighted by atomic mass is 31.2. The molecule has 0 aromatic heterocycles. The highest BCUT2D eigenvalue weighted by molar-refractivity contribution is 7.45. The summed E-state index contributed by atoms with van der Waals surface area (Å²) in [4.78, 5) is 25.7. The van der Waals surface area contributed by atoms with Crippen molar-refractivity contribution in [2.45, 2.75) is 437 Å². The molecule has 0 aromatic carbocycles. The maximum Gasteiger partial charge on any atom is 0.268 e. The molecule has 3 atom stereocenters. The highest BCUT2D eigenvalue weighted by Crippen LogP contribution is 2.38. The largest absolute Gasteiger partial charge is 0.756 e. The molecule has 1 amide bonds. The molecule has 0 fully saturated rings. The van der Waals surface area contributed by atoms with Crippen molar-refractivity contribution in [3.8, 4) is 0 Å². The number of aliphatic hydroxyl groups is 1. The monoisotopic (exact) mass is 1210 g/mol. The van der Waals surface area contributed by atoms with Crippen LogP contribution in [-0.4, -0.2) is 68.5 Å². The first-order valence-electron chi connectivity index (χ1n) is 38.4. The minimum Gasteiger partial charge on any atom is -0.756 e. The number of aliphatic hydroxyl groups excluding tert-OH is 1. The molecular weight excluding hydrogens is 1060 g/mol. The summed E-state index contributed by atoms with van der Waals surface area (Å²) in [6, 6.07) is -0.797. The van der Waals surface area contributed by atoms with Crippen LogP contribution in [0.5, 0.6) is 0 Å². The predicted octanol–water partition coefficient (Wildman–Crippen LogP) is 24.0. The quantitative estimate of drug-likeness (QED) is 0.0357. The van der Waals surface area contributed by atoms with Crippen LogP contribution in [-0.2, 0) is 18.4 Å². The number of likely N-dealkylation sites (N-methyl/N-ethyl adjacent to an activating group) is 1. The fourth-order valence-corrected chi connectivity index (χ4v) is 13.1. The van der Waals surface area contributed by atoms with E-state index in [0.717, 1.165) is 38.5 Å². The second-order valence-corrected chi connectivity index (χ2v) is 29.5. The molecule has 0 radical (unpaired) electrons. The van der Waals surface area contributed by atoms with Gasteiger partial charge < -0.3 is 28.8 Å². The van der Waals surface area contributed by atoms with E-state index in [1.165, 1.54) is 360 Å². The average Bonchev–Trinajstić information content (AvgIpc) is 3.56. The third-order valence-corrected chi connectivity index (χ3v) is 19.3. The number of nitrogens with zero attached hydrogens (tertiary/aromatic N) is 1. The van der Waals surface area contributed by atoms with Crippen LogP contribution in [0.2, 0.25) is 0 Å². The summed E-state index contributed by atoms with van der Waals surface area (Å²) in [6.07, 6.45) is 85.0. The molecule has 2 N–H and O–H groups in total. The van der Waals surface area contributed by atoms with Gasteiger partial charge in [0.15, 0.2) is 0 Å². The summed E-state index contributed by atoms with van der Waals surface area (Å²) < 4.78 is 23.6. The van der Waals surface area contributed by atoms with Gasteiger partial charge in [-0.3, -0.25) is 9.36 Å². The molecule has 0 heterocycles. The van der Waals surface area contributed by atoms with Gasteiger partial charge in [-0.25, -0.2) is 0 Å². The Morgan fingerprint density at radius 1 is 0.369 bits per heavy atom. The van der Waals surface area contributed by atoms with Crippen molar-refractivity contribution in [1.29, 1.82) is 0 Å². The van der Waals surface area contributed by atoms with E-state index in [-0.39, 0.29) is 19.1 Å². The van der Waals surface area contributed by atoms with Crippen LogP contribution in [0.1, 0.15) is 425 Å². The first kappa shape index (κ1) is 83.5. The third kappa shape index (κ3) is 69.0. The Bertz CT molecular complexity index is 1330. The lowest BCUT2D eigenvalue weighted by molar-refractivity contribution is -0.870. The highest BCUT2D eigenvalue weighted by Gasteiger charge is 2.24. The molecule has 0 aromatic rings. The predicted molar refractivity (Wildman–Crippen MR) is 367 cm³/mol. The minimum atomic E-state index is -4.58. The van der Waals surface area contributed by atoms with Crippen molar-refractivity contribution in [3.63, 3.8) is 0 Å². The fraction of sp³-hybridized carbons (Fsp3) is 0.987. The molecule has 0 spiro atoms. The van der Waals surface area contributed by atoms with Gasteiger partial charge in [-0.15, -0.1) is 0 Å². The standard InChI is InChI=1S/C75H153N2O6P/c1-6-8-10-12-14-16-18-20-22-24-26-28-30-32-34-36-38-40-42-44-46-48-50-52-54-56-58-60-62-64-66-68-74(78)73(72-83-84(80,81)82-71-70-77(3,4)5)76-75(79)69-67-65-63-61-59-57-55-53-51-49-47-45-43-41-39-37-35-33-31-29-27-25-23-21-19-17-15-13-11-9-7-2/h73-74,78H,6-72H2,1-5H3,(H-,76,79,80,81). The number of amides is 1. The van der Waals surface area contributed by atoms with Crippen molar-refractivity contribution < 1.29 is 32.9 Å². The van der Waals surface area contributed by atoms with Crippen LogP contribution in [0.3, 0.4) is 0 Å². The van der Waals surface area contributed by atoms with Crippen molar-refractivity contribution in [1.82, 2.24) is 5.32 Å². The molecule has 0 aliphatic heterocycles. The van der Waals surface area contributed by atoms with E-state index >= 15 is 0 Å². The molecule has 0 aliphatic rings. The molecule has 8 nitrogen and oxygen atoms in total. The lowest BCUT2D eigenvalue weighted by Crippen LogP contribution is -2.46. The van der Waals surface area contributed by atoms with Crippen LogP contribution in [0.25, 0.3) is 0 Å². The first-order valence-corrected chi connectivity index (χ1v) is 39.8. The van der Waals surface area contributed by atoms with Crippen LogP contribution < -0.4 is 10.2 Å². The van der Waals surface area contributed by atoms with E-state index in [4.69, 9.17) is 9.05 Å². The normalized spacial score (nSPS) is 13.5. The lowest BCUT2D eigenvalue weighted by atomic mass is 10.0. The van der Waals surface area contributed by atoms with E-state index in [1.807, 2.05) is 21.1 Å². The van der Waals surface area contributed by atoms with Crippen LogP contribution >= 0.6 is 7.82 Å². The van der Waals surface area contributed by atoms with E-state index in [9.17, 15) is 19.4 Å². The van der Waals surface area contributed by atoms with Gasteiger partial charge in [0, 0.05) is 6.42 Å². The molecule has 504 valence electrons. The van der Waals surface area contributed by atoms with E-state index in [0.29, 0.717) is 23.9 Å². The van der Waals surface area contributed by atoms with Gasteiger partial charge in [0.25, 0.3) is 7.82 Å². The topological polar surface area (TPSA) is 108 Å². The van der Waals surface area contributed by atoms with Gasteiger partial charge in [0.2, 0.25) is 5.91 Å². The van der Waals surface area contributed by atoms with Crippen molar-refractivity contribution in [2.24, 2.45) is 0 Å². The van der Waals surface area contributed by atoms with Gasteiger partial charge in [-0.2, -0.15) is 0 Å². The molecule has 3 unspecified atom stereocenters. The first-order chi connectivity index (χ1) is 41.0. The summed E-state index contributed by atoms with van der Waals surface area (Å²) in [5.41, 5.74) is 0. The van der Waals surface area contributed by atoms with Gasteiger partial charge in [-0.05, 0) is 12.8 Å². The number of phosphoric acid groups is 1. The maximum absolute atomic E-state index is 13.1. The summed E-state index contributed by atoms with van der Waals surface area (Å²) >= 11 is 0. The molecule has 0 bridgehead atoms. The number of phosphoric ester groups is 1. The number of quaternary nitrogens is 1. The Morgan fingerprint density at radius 2 is 0.583 bits per heavy atom. The van der Waals surface area contributed by atoms with Crippen LogP contribution in [0.15, 0.2) is 0 Å².